The average Bonchev–Trinajstić information content (AvgIpc) is 3.00. The van der Waals surface area contributed by atoms with Crippen molar-refractivity contribution < 1.29 is 19.1 Å². The molecule has 0 radical (unpaired) electrons. The summed E-state index contributed by atoms with van der Waals surface area (Å²) in [6.45, 7) is 13.4. The molecule has 2 atom stereocenters. The third-order valence-electron chi connectivity index (χ3n) is 9.81. The maximum Gasteiger partial charge on any atom is 0.262 e. The number of hydrogen-bond donors (Lipinski definition) is 3. The number of rotatable bonds is 4. The summed E-state index contributed by atoms with van der Waals surface area (Å²) in [5.41, 5.74) is 10.0. The lowest BCUT2D eigenvalue weighted by atomic mass is 9.77. The Morgan fingerprint density at radius 3 is 1.64 bits per heavy atom. The summed E-state index contributed by atoms with van der Waals surface area (Å²) in [4.78, 5) is 30.3. The Morgan fingerprint density at radius 1 is 0.787 bits per heavy atom. The number of fused-ring (bicyclic) bond motifs is 6. The van der Waals surface area contributed by atoms with Crippen molar-refractivity contribution in [1.29, 1.82) is 0 Å². The summed E-state index contributed by atoms with van der Waals surface area (Å²) >= 11 is 7.36. The monoisotopic (exact) mass is 770 g/mol. The summed E-state index contributed by atoms with van der Waals surface area (Å²) in [6.07, 6.45) is 1.97. The van der Waals surface area contributed by atoms with Crippen molar-refractivity contribution in [3.05, 3.63) is 44.3 Å². The molecule has 0 unspecified atom stereocenters. The van der Waals surface area contributed by atoms with Crippen LogP contribution in [-0.2, 0) is 22.4 Å². The SMILES string of the molecule is C[C@@H]1C(=O)NN=C2COc3cc(Br)c(CC4(C)CN(C)C4)cc3N21.C[C@@H]1C(=O)NN=C2COc3cc(Br)c(CC4(C)CNC4)cc3N21. The fourth-order valence-electron chi connectivity index (χ4n) is 7.42. The Hall–Kier alpha value is -3.20. The highest BCUT2D eigenvalue weighted by molar-refractivity contribution is 9.10. The number of carbonyl (C=O) groups excluding carboxylic acids is 2. The van der Waals surface area contributed by atoms with E-state index in [-0.39, 0.29) is 29.3 Å². The second-order valence-electron chi connectivity index (χ2n) is 14.3. The van der Waals surface area contributed by atoms with E-state index in [0.717, 1.165) is 82.5 Å². The van der Waals surface area contributed by atoms with Gasteiger partial charge in [-0.25, -0.2) is 10.9 Å². The number of halogens is 2. The van der Waals surface area contributed by atoms with Crippen LogP contribution in [0.3, 0.4) is 0 Å². The molecule has 12 nitrogen and oxygen atoms in total. The molecule has 6 heterocycles. The number of hydrazone groups is 2. The van der Waals surface area contributed by atoms with Crippen molar-refractivity contribution in [3.8, 4) is 11.5 Å². The molecule has 2 aromatic carbocycles. The number of ether oxygens (including phenoxy) is 2. The largest absolute Gasteiger partial charge is 0.483 e. The van der Waals surface area contributed by atoms with Crippen LogP contribution in [0.2, 0.25) is 0 Å². The molecular weight excluding hydrogens is 732 g/mol. The van der Waals surface area contributed by atoms with Gasteiger partial charge >= 0.3 is 0 Å². The van der Waals surface area contributed by atoms with Crippen LogP contribution in [0, 0.1) is 10.8 Å². The summed E-state index contributed by atoms with van der Waals surface area (Å²) in [5.74, 6) is 2.89. The lowest BCUT2D eigenvalue weighted by Crippen LogP contribution is -2.55. The maximum atomic E-state index is 12.0. The molecule has 6 aliphatic rings. The third-order valence-corrected chi connectivity index (χ3v) is 11.3. The molecule has 0 aliphatic carbocycles. The van der Waals surface area contributed by atoms with Gasteiger partial charge in [0.2, 0.25) is 0 Å². The van der Waals surface area contributed by atoms with E-state index in [1.807, 2.05) is 35.8 Å². The Labute approximate surface area is 291 Å². The fraction of sp³-hybridized carbons (Fsp3) is 0.515. The molecule has 2 amide bonds. The van der Waals surface area contributed by atoms with Crippen LogP contribution in [0.4, 0.5) is 11.4 Å². The lowest BCUT2D eigenvalue weighted by Gasteiger charge is -2.47. The van der Waals surface area contributed by atoms with Crippen LogP contribution in [0.25, 0.3) is 0 Å². The number of anilines is 2. The number of benzene rings is 2. The van der Waals surface area contributed by atoms with Crippen molar-refractivity contribution in [3.63, 3.8) is 0 Å². The Morgan fingerprint density at radius 2 is 1.23 bits per heavy atom. The van der Waals surface area contributed by atoms with Crippen LogP contribution in [-0.4, -0.2) is 86.9 Å². The summed E-state index contributed by atoms with van der Waals surface area (Å²) in [6, 6.07) is 7.72. The van der Waals surface area contributed by atoms with Crippen molar-refractivity contribution in [1.82, 2.24) is 21.1 Å². The Kier molecular flexibility index (Phi) is 8.29. The molecule has 47 heavy (non-hydrogen) atoms. The van der Waals surface area contributed by atoms with Gasteiger partial charge in [0.25, 0.3) is 11.8 Å². The summed E-state index contributed by atoms with van der Waals surface area (Å²) in [7, 11) is 2.15. The van der Waals surface area contributed by atoms with Crippen LogP contribution in [0.1, 0.15) is 38.8 Å². The van der Waals surface area contributed by atoms with Gasteiger partial charge in [0, 0.05) is 35.1 Å². The van der Waals surface area contributed by atoms with E-state index >= 15 is 0 Å². The van der Waals surface area contributed by atoms with E-state index in [4.69, 9.17) is 9.47 Å². The average molecular weight is 773 g/mol. The predicted octanol–water partition coefficient (Wildman–Crippen LogP) is 3.61. The zero-order valence-corrected chi connectivity index (χ0v) is 30.4. The van der Waals surface area contributed by atoms with Gasteiger partial charge in [-0.1, -0.05) is 45.7 Å². The molecule has 0 bridgehead atoms. The molecule has 0 saturated carbocycles. The summed E-state index contributed by atoms with van der Waals surface area (Å²) in [5, 5.41) is 11.6. The molecule has 8 rings (SSSR count). The first-order valence-electron chi connectivity index (χ1n) is 15.9. The molecule has 3 N–H and O–H groups in total. The van der Waals surface area contributed by atoms with Gasteiger partial charge in [-0.2, -0.15) is 10.2 Å². The number of nitrogens with zero attached hydrogens (tertiary/aromatic N) is 5. The van der Waals surface area contributed by atoms with Crippen molar-refractivity contribution in [2.45, 2.75) is 52.6 Å². The third kappa shape index (κ3) is 6.02. The molecule has 250 valence electrons. The Balaban J connectivity index is 0.000000150. The van der Waals surface area contributed by atoms with Gasteiger partial charge in [-0.3, -0.25) is 9.59 Å². The van der Waals surface area contributed by atoms with E-state index < -0.39 is 0 Å². The highest BCUT2D eigenvalue weighted by Crippen LogP contribution is 2.43. The van der Waals surface area contributed by atoms with Crippen LogP contribution < -0.4 is 35.4 Å². The van der Waals surface area contributed by atoms with E-state index in [1.165, 1.54) is 11.1 Å². The molecule has 2 saturated heterocycles. The molecule has 2 aromatic rings. The van der Waals surface area contributed by atoms with Gasteiger partial charge < -0.3 is 29.5 Å². The van der Waals surface area contributed by atoms with Gasteiger partial charge in [0.05, 0.1) is 11.4 Å². The first kappa shape index (κ1) is 32.4. The molecule has 0 aromatic heterocycles. The van der Waals surface area contributed by atoms with Crippen molar-refractivity contribution in [2.24, 2.45) is 21.0 Å². The van der Waals surface area contributed by atoms with E-state index in [0.29, 0.717) is 18.6 Å². The highest BCUT2D eigenvalue weighted by atomic mass is 79.9. The van der Waals surface area contributed by atoms with E-state index in [1.54, 1.807) is 0 Å². The number of nitrogens with one attached hydrogen (secondary N) is 3. The van der Waals surface area contributed by atoms with E-state index in [2.05, 4.69) is 96.2 Å². The number of likely N-dealkylation sites (tertiary alicyclic amines) is 1. The topological polar surface area (TPSA) is 123 Å². The van der Waals surface area contributed by atoms with Crippen LogP contribution in [0.15, 0.2) is 43.4 Å². The fourth-order valence-corrected chi connectivity index (χ4v) is 8.34. The molecule has 2 fully saturated rings. The second kappa shape index (κ2) is 12.0. The van der Waals surface area contributed by atoms with E-state index in [9.17, 15) is 9.59 Å². The lowest BCUT2D eigenvalue weighted by molar-refractivity contribution is -0.123. The van der Waals surface area contributed by atoms with Crippen LogP contribution >= 0.6 is 31.9 Å². The minimum absolute atomic E-state index is 0.0938. The number of amidine groups is 2. The Bertz CT molecular complexity index is 1700. The quantitative estimate of drug-likeness (QED) is 0.432. The zero-order valence-electron chi connectivity index (χ0n) is 27.2. The number of carbonyl (C=O) groups is 2. The highest BCUT2D eigenvalue weighted by Gasteiger charge is 2.40. The molecule has 14 heteroatoms. The summed E-state index contributed by atoms with van der Waals surface area (Å²) < 4.78 is 13.8. The van der Waals surface area contributed by atoms with Gasteiger partial charge in [0.15, 0.2) is 11.7 Å². The minimum Gasteiger partial charge on any atom is -0.483 e. The zero-order chi connectivity index (χ0) is 33.2. The first-order chi connectivity index (χ1) is 22.3. The smallest absolute Gasteiger partial charge is 0.262 e. The number of hydrogen-bond acceptors (Lipinski definition) is 10. The normalized spacial score (nSPS) is 24.8. The second-order valence-corrected chi connectivity index (χ2v) is 16.0. The standard InChI is InChI=1S/C17H21BrN4O2.C16H19BrN4O2/c1-10-16(23)20-19-15-7-24-14-5-12(18)11(4-13(14)22(10)15)6-17(2)8-21(3)9-17;1-9-15(22)20-19-14-6-23-13-4-11(17)10(3-12(13)21(9)14)5-16(2)7-18-8-16/h4-5,10H,6-9H2,1-3H3,(H,20,23);3-4,9,18H,5-8H2,1-2H3,(H,20,22)/t10-;9-/m11/s1. The minimum atomic E-state index is -0.292. The maximum absolute atomic E-state index is 12.0. The predicted molar refractivity (Wildman–Crippen MR) is 188 cm³/mol. The molecule has 6 aliphatic heterocycles. The molecular formula is C33H40Br2N8O4. The number of amides is 2. The molecule has 0 spiro atoms. The van der Waals surface area contributed by atoms with Gasteiger partial charge in [-0.05, 0) is 80.0 Å². The van der Waals surface area contributed by atoms with Crippen molar-refractivity contribution >= 4 is 66.7 Å². The van der Waals surface area contributed by atoms with Crippen molar-refractivity contribution in [2.75, 3.05) is 56.2 Å². The van der Waals surface area contributed by atoms with Gasteiger partial charge in [-0.15, -0.1) is 0 Å². The van der Waals surface area contributed by atoms with Gasteiger partial charge in [0.1, 0.15) is 36.8 Å². The first-order valence-corrected chi connectivity index (χ1v) is 17.5. The van der Waals surface area contributed by atoms with Crippen LogP contribution in [0.5, 0.6) is 11.5 Å².